The molecule has 0 amide bonds. The van der Waals surface area contributed by atoms with Crippen LogP contribution in [-0.2, 0) is 10.0 Å². The topological polar surface area (TPSA) is 75.2 Å². The molecule has 0 aliphatic heterocycles. The van der Waals surface area contributed by atoms with Crippen molar-refractivity contribution in [2.24, 2.45) is 0 Å². The maximum absolute atomic E-state index is 12.6. The molecule has 0 spiro atoms. The van der Waals surface area contributed by atoms with Crippen molar-refractivity contribution in [3.8, 4) is 0 Å². The lowest BCUT2D eigenvalue weighted by atomic mass is 10.2. The zero-order valence-corrected chi connectivity index (χ0v) is 16.8. The Labute approximate surface area is 160 Å². The molecule has 0 aliphatic rings. The molecule has 1 aromatic carbocycles. The number of aromatic nitrogens is 2. The number of nitrogens with one attached hydrogen (secondary N) is 1. The van der Waals surface area contributed by atoms with Gasteiger partial charge in [-0.25, -0.2) is 18.4 Å². The first-order valence-corrected chi connectivity index (χ1v) is 10.4. The highest BCUT2D eigenvalue weighted by Gasteiger charge is 2.21. The van der Waals surface area contributed by atoms with Crippen molar-refractivity contribution in [2.45, 2.75) is 32.6 Å². The van der Waals surface area contributed by atoms with E-state index in [-0.39, 0.29) is 0 Å². The van der Waals surface area contributed by atoms with Crippen LogP contribution in [0.15, 0.2) is 47.4 Å². The van der Waals surface area contributed by atoms with Crippen LogP contribution in [0.3, 0.4) is 0 Å². The third-order valence-electron chi connectivity index (χ3n) is 4.42. The highest BCUT2D eigenvalue weighted by atomic mass is 32.2. The van der Waals surface area contributed by atoms with Gasteiger partial charge in [-0.1, -0.05) is 13.8 Å². The first-order chi connectivity index (χ1) is 12.8. The Hall–Kier alpha value is -2.51. The quantitative estimate of drug-likeness (QED) is 0.695. The van der Waals surface area contributed by atoms with Crippen LogP contribution < -0.4 is 5.32 Å². The third kappa shape index (κ3) is 3.94. The Morgan fingerprint density at radius 1 is 0.926 bits per heavy atom. The standard InChI is InChI=1S/C20H24N4O2S/c1-5-24(6-2)27(25,26)17-10-8-16(9-11-17)23-19-13-15(4)22-20-18(19)12-7-14(3)21-20/h7-13H,5-6H2,1-4H3,(H,21,22,23). The van der Waals surface area contributed by atoms with E-state index >= 15 is 0 Å². The van der Waals surface area contributed by atoms with Crippen LogP contribution in [0.25, 0.3) is 11.0 Å². The average molecular weight is 385 g/mol. The Kier molecular flexibility index (Phi) is 5.43. The van der Waals surface area contributed by atoms with Gasteiger partial charge in [-0.2, -0.15) is 4.31 Å². The van der Waals surface area contributed by atoms with E-state index in [1.807, 2.05) is 45.9 Å². The summed E-state index contributed by atoms with van der Waals surface area (Å²) in [6.45, 7) is 8.44. The second kappa shape index (κ2) is 7.62. The molecule has 0 atom stereocenters. The second-order valence-corrected chi connectivity index (χ2v) is 8.31. The average Bonchev–Trinajstić information content (AvgIpc) is 2.62. The van der Waals surface area contributed by atoms with Crippen molar-refractivity contribution in [3.63, 3.8) is 0 Å². The summed E-state index contributed by atoms with van der Waals surface area (Å²) in [5, 5.41) is 4.28. The molecule has 7 heteroatoms. The summed E-state index contributed by atoms with van der Waals surface area (Å²) in [5.74, 6) is 0. The third-order valence-corrected chi connectivity index (χ3v) is 6.48. The molecule has 0 aliphatic carbocycles. The number of pyridine rings is 2. The van der Waals surface area contributed by atoms with Gasteiger partial charge < -0.3 is 5.32 Å². The number of hydrogen-bond acceptors (Lipinski definition) is 5. The highest BCUT2D eigenvalue weighted by molar-refractivity contribution is 7.89. The zero-order chi connectivity index (χ0) is 19.6. The molecule has 3 rings (SSSR count). The summed E-state index contributed by atoms with van der Waals surface area (Å²) in [5.41, 5.74) is 4.17. The lowest BCUT2D eigenvalue weighted by molar-refractivity contribution is 0.445. The van der Waals surface area contributed by atoms with E-state index in [9.17, 15) is 8.42 Å². The molecular weight excluding hydrogens is 360 g/mol. The summed E-state index contributed by atoms with van der Waals surface area (Å²) in [7, 11) is -3.45. The van der Waals surface area contributed by atoms with Crippen molar-refractivity contribution in [1.29, 1.82) is 0 Å². The maximum Gasteiger partial charge on any atom is 0.243 e. The van der Waals surface area contributed by atoms with Crippen LogP contribution in [0.4, 0.5) is 11.4 Å². The first kappa shape index (κ1) is 19.3. The number of aryl methyl sites for hydroxylation is 2. The van der Waals surface area contributed by atoms with Gasteiger partial charge in [-0.15, -0.1) is 0 Å². The number of hydrogen-bond donors (Lipinski definition) is 1. The first-order valence-electron chi connectivity index (χ1n) is 8.97. The molecule has 1 N–H and O–H groups in total. The lowest BCUT2D eigenvalue weighted by Crippen LogP contribution is -2.30. The summed E-state index contributed by atoms with van der Waals surface area (Å²) in [6, 6.07) is 12.7. The van der Waals surface area contributed by atoms with Crippen molar-refractivity contribution in [2.75, 3.05) is 18.4 Å². The molecule has 0 bridgehead atoms. The molecule has 142 valence electrons. The van der Waals surface area contributed by atoms with E-state index in [0.717, 1.165) is 28.1 Å². The summed E-state index contributed by atoms with van der Waals surface area (Å²) in [4.78, 5) is 9.27. The highest BCUT2D eigenvalue weighted by Crippen LogP contribution is 2.27. The van der Waals surface area contributed by atoms with Gasteiger partial charge in [0.05, 0.1) is 10.6 Å². The van der Waals surface area contributed by atoms with Gasteiger partial charge in [0.1, 0.15) is 0 Å². The van der Waals surface area contributed by atoms with Crippen molar-refractivity contribution in [3.05, 3.63) is 53.9 Å². The fourth-order valence-electron chi connectivity index (χ4n) is 3.01. The second-order valence-electron chi connectivity index (χ2n) is 6.37. The predicted molar refractivity (Wildman–Crippen MR) is 109 cm³/mol. The van der Waals surface area contributed by atoms with E-state index in [1.54, 1.807) is 24.3 Å². The summed E-state index contributed by atoms with van der Waals surface area (Å²) >= 11 is 0. The van der Waals surface area contributed by atoms with E-state index in [4.69, 9.17) is 0 Å². The van der Waals surface area contributed by atoms with E-state index in [2.05, 4.69) is 15.3 Å². The molecule has 2 heterocycles. The fraction of sp³-hybridized carbons (Fsp3) is 0.300. The fourth-order valence-corrected chi connectivity index (χ4v) is 4.46. The minimum atomic E-state index is -3.45. The summed E-state index contributed by atoms with van der Waals surface area (Å²) in [6.07, 6.45) is 0. The Morgan fingerprint density at radius 3 is 2.19 bits per heavy atom. The van der Waals surface area contributed by atoms with E-state index < -0.39 is 10.0 Å². The SMILES string of the molecule is CCN(CC)S(=O)(=O)c1ccc(Nc2cc(C)nc3nc(C)ccc23)cc1. The number of sulfonamides is 1. The summed E-state index contributed by atoms with van der Waals surface area (Å²) < 4.78 is 26.7. The van der Waals surface area contributed by atoms with Gasteiger partial charge >= 0.3 is 0 Å². The minimum Gasteiger partial charge on any atom is -0.355 e. The molecule has 0 saturated carbocycles. The van der Waals surface area contributed by atoms with Crippen molar-refractivity contribution < 1.29 is 8.42 Å². The molecule has 2 aromatic heterocycles. The van der Waals surface area contributed by atoms with Crippen LogP contribution >= 0.6 is 0 Å². The number of nitrogens with zero attached hydrogens (tertiary/aromatic N) is 3. The normalized spacial score (nSPS) is 11.9. The van der Waals surface area contributed by atoms with Gasteiger partial charge in [0.2, 0.25) is 10.0 Å². The molecule has 0 fully saturated rings. The minimum absolute atomic E-state index is 0.296. The molecular formula is C20H24N4O2S. The number of benzene rings is 1. The van der Waals surface area contributed by atoms with Crippen LogP contribution in [0.5, 0.6) is 0 Å². The van der Waals surface area contributed by atoms with Crippen molar-refractivity contribution in [1.82, 2.24) is 14.3 Å². The molecule has 0 saturated heterocycles. The molecule has 0 radical (unpaired) electrons. The molecule has 0 unspecified atom stereocenters. The molecule has 27 heavy (non-hydrogen) atoms. The van der Waals surface area contributed by atoms with E-state index in [1.165, 1.54) is 4.31 Å². The van der Waals surface area contributed by atoms with Crippen LogP contribution in [0.2, 0.25) is 0 Å². The zero-order valence-electron chi connectivity index (χ0n) is 16.0. The monoisotopic (exact) mass is 384 g/mol. The predicted octanol–water partition coefficient (Wildman–Crippen LogP) is 4.02. The van der Waals surface area contributed by atoms with Crippen LogP contribution in [0, 0.1) is 13.8 Å². The largest absolute Gasteiger partial charge is 0.355 e. The Bertz CT molecular complexity index is 1050. The maximum atomic E-state index is 12.6. The van der Waals surface area contributed by atoms with Crippen LogP contribution in [0.1, 0.15) is 25.2 Å². The smallest absolute Gasteiger partial charge is 0.243 e. The van der Waals surface area contributed by atoms with Gasteiger partial charge in [0.25, 0.3) is 0 Å². The van der Waals surface area contributed by atoms with Gasteiger partial charge in [-0.3, -0.25) is 0 Å². The van der Waals surface area contributed by atoms with Gasteiger partial charge in [0.15, 0.2) is 5.65 Å². The molecule has 3 aromatic rings. The number of rotatable bonds is 6. The number of fused-ring (bicyclic) bond motifs is 1. The van der Waals surface area contributed by atoms with E-state index in [0.29, 0.717) is 23.6 Å². The lowest BCUT2D eigenvalue weighted by Gasteiger charge is -2.18. The van der Waals surface area contributed by atoms with Gasteiger partial charge in [0, 0.05) is 35.6 Å². The molecule has 6 nitrogen and oxygen atoms in total. The van der Waals surface area contributed by atoms with Gasteiger partial charge in [-0.05, 0) is 56.3 Å². The van der Waals surface area contributed by atoms with Crippen LogP contribution in [-0.4, -0.2) is 35.8 Å². The van der Waals surface area contributed by atoms with Crippen molar-refractivity contribution >= 4 is 32.4 Å². The Morgan fingerprint density at radius 2 is 1.56 bits per heavy atom. The number of anilines is 2. The Balaban J connectivity index is 1.93.